The molecule has 0 heterocycles. The molecule has 8 heteroatoms. The Hall–Kier alpha value is -1.51. The zero-order chi connectivity index (χ0) is 17.7. The Kier molecular flexibility index (Phi) is 6.31. The van der Waals surface area contributed by atoms with Crippen molar-refractivity contribution >= 4 is 38.9 Å². The van der Waals surface area contributed by atoms with Crippen LogP contribution in [0.4, 0.5) is 5.69 Å². The van der Waals surface area contributed by atoms with E-state index in [9.17, 15) is 13.2 Å². The Labute approximate surface area is 148 Å². The van der Waals surface area contributed by atoms with Gasteiger partial charge in [0.25, 0.3) is 0 Å². The molecule has 2 N–H and O–H groups in total. The van der Waals surface area contributed by atoms with Crippen molar-refractivity contribution in [3.8, 4) is 0 Å². The van der Waals surface area contributed by atoms with Crippen molar-refractivity contribution in [2.24, 2.45) is 5.92 Å². The van der Waals surface area contributed by atoms with Gasteiger partial charge in [-0.3, -0.25) is 4.79 Å². The summed E-state index contributed by atoms with van der Waals surface area (Å²) in [6, 6.07) is 6.34. The summed E-state index contributed by atoms with van der Waals surface area (Å²) in [5.41, 5.74) is 0.520. The first kappa shape index (κ1) is 18.8. The van der Waals surface area contributed by atoms with Crippen molar-refractivity contribution in [2.45, 2.75) is 37.0 Å². The van der Waals surface area contributed by atoms with E-state index in [4.69, 9.17) is 12.2 Å². The van der Waals surface area contributed by atoms with Gasteiger partial charge < -0.3 is 10.6 Å². The van der Waals surface area contributed by atoms with Crippen molar-refractivity contribution in [1.29, 1.82) is 0 Å². The lowest BCUT2D eigenvalue weighted by Gasteiger charge is -2.21. The number of sulfonamides is 1. The molecule has 0 unspecified atom stereocenters. The molecule has 1 aliphatic rings. The molecule has 24 heavy (non-hydrogen) atoms. The van der Waals surface area contributed by atoms with Gasteiger partial charge in [0.2, 0.25) is 15.9 Å². The molecule has 132 valence electrons. The van der Waals surface area contributed by atoms with Crippen LogP contribution in [0.2, 0.25) is 0 Å². The van der Waals surface area contributed by atoms with Crippen LogP contribution in [-0.4, -0.2) is 37.8 Å². The van der Waals surface area contributed by atoms with E-state index in [0.717, 1.165) is 30.0 Å². The normalized spacial score (nSPS) is 16.0. The number of carbonyl (C=O) groups is 1. The fraction of sp³-hybridized carbons (Fsp3) is 0.500. The molecule has 0 saturated heterocycles. The molecule has 0 radical (unpaired) electrons. The fourth-order valence-corrected chi connectivity index (χ4v) is 3.85. The predicted molar refractivity (Wildman–Crippen MR) is 98.3 cm³/mol. The lowest BCUT2D eigenvalue weighted by atomic mass is 9.89. The fourth-order valence-electron chi connectivity index (χ4n) is 2.69. The maximum absolute atomic E-state index is 12.2. The first-order chi connectivity index (χ1) is 11.3. The van der Waals surface area contributed by atoms with Gasteiger partial charge in [0.15, 0.2) is 5.11 Å². The number of thiocarbonyl (C=S) groups is 1. The van der Waals surface area contributed by atoms with Gasteiger partial charge in [-0.25, -0.2) is 12.7 Å². The van der Waals surface area contributed by atoms with Crippen LogP contribution in [0.25, 0.3) is 0 Å². The molecule has 1 amide bonds. The highest BCUT2D eigenvalue weighted by Crippen LogP contribution is 2.23. The quantitative estimate of drug-likeness (QED) is 0.797. The minimum Gasteiger partial charge on any atom is -0.332 e. The van der Waals surface area contributed by atoms with Crippen molar-refractivity contribution in [3.05, 3.63) is 24.3 Å². The summed E-state index contributed by atoms with van der Waals surface area (Å²) in [6.07, 6.45) is 5.11. The molecule has 0 spiro atoms. The Bertz CT molecular complexity index is 711. The average Bonchev–Trinajstić information content (AvgIpc) is 2.55. The average molecular weight is 370 g/mol. The minimum atomic E-state index is -3.51. The van der Waals surface area contributed by atoms with Crippen LogP contribution >= 0.6 is 12.2 Å². The highest BCUT2D eigenvalue weighted by Gasteiger charge is 2.22. The monoisotopic (exact) mass is 369 g/mol. The summed E-state index contributed by atoms with van der Waals surface area (Å²) >= 11 is 5.17. The van der Waals surface area contributed by atoms with E-state index in [2.05, 4.69) is 10.6 Å². The molecule has 0 atom stereocenters. The molecule has 0 bridgehead atoms. The van der Waals surface area contributed by atoms with Crippen LogP contribution in [0.1, 0.15) is 32.1 Å². The Balaban J connectivity index is 2.00. The van der Waals surface area contributed by atoms with E-state index in [1.165, 1.54) is 32.6 Å². The third-order valence-corrected chi connectivity index (χ3v) is 6.10. The Morgan fingerprint density at radius 3 is 2.50 bits per heavy atom. The Morgan fingerprint density at radius 1 is 1.21 bits per heavy atom. The molecular formula is C16H23N3O3S2. The van der Waals surface area contributed by atoms with Crippen molar-refractivity contribution in [2.75, 3.05) is 19.4 Å². The van der Waals surface area contributed by atoms with Gasteiger partial charge >= 0.3 is 0 Å². The second kappa shape index (κ2) is 8.04. The molecular weight excluding hydrogens is 346 g/mol. The van der Waals surface area contributed by atoms with E-state index < -0.39 is 10.0 Å². The van der Waals surface area contributed by atoms with Gasteiger partial charge in [-0.15, -0.1) is 0 Å². The van der Waals surface area contributed by atoms with Crippen LogP contribution in [0, 0.1) is 5.92 Å². The molecule has 6 nitrogen and oxygen atoms in total. The molecule has 2 rings (SSSR count). The zero-order valence-electron chi connectivity index (χ0n) is 13.9. The number of carbonyl (C=O) groups excluding carboxylic acids is 1. The van der Waals surface area contributed by atoms with Crippen molar-refractivity contribution < 1.29 is 13.2 Å². The van der Waals surface area contributed by atoms with Gasteiger partial charge in [0, 0.05) is 25.7 Å². The Morgan fingerprint density at radius 2 is 1.88 bits per heavy atom. The number of nitrogens with one attached hydrogen (secondary N) is 2. The van der Waals surface area contributed by atoms with E-state index in [1.54, 1.807) is 12.1 Å². The number of hydrogen-bond acceptors (Lipinski definition) is 4. The van der Waals surface area contributed by atoms with E-state index in [-0.39, 0.29) is 21.8 Å². The number of anilines is 1. The van der Waals surface area contributed by atoms with Crippen LogP contribution < -0.4 is 10.6 Å². The molecule has 1 aliphatic carbocycles. The number of nitrogens with zero attached hydrogens (tertiary/aromatic N) is 1. The molecule has 0 aliphatic heterocycles. The summed E-state index contributed by atoms with van der Waals surface area (Å²) in [7, 11) is -0.559. The standard InChI is InChI=1S/C16H23N3O3S2/c1-19(2)24(21,22)14-10-6-9-13(11-14)17-16(23)18-15(20)12-7-4-3-5-8-12/h6,9-12H,3-5,7-8H2,1-2H3,(H2,17,18,20,23). The predicted octanol–water partition coefficient (Wildman–Crippen LogP) is 2.33. The van der Waals surface area contributed by atoms with Crippen LogP contribution in [0.3, 0.4) is 0 Å². The minimum absolute atomic E-state index is 0.0129. The first-order valence-electron chi connectivity index (χ1n) is 7.95. The third-order valence-electron chi connectivity index (χ3n) is 4.08. The second-order valence-corrected chi connectivity index (χ2v) is 8.65. The van der Waals surface area contributed by atoms with Crippen molar-refractivity contribution in [3.63, 3.8) is 0 Å². The van der Waals surface area contributed by atoms with Crippen LogP contribution in [-0.2, 0) is 14.8 Å². The largest absolute Gasteiger partial charge is 0.332 e. The van der Waals surface area contributed by atoms with E-state index >= 15 is 0 Å². The summed E-state index contributed by atoms with van der Waals surface area (Å²) in [4.78, 5) is 12.3. The zero-order valence-corrected chi connectivity index (χ0v) is 15.5. The first-order valence-corrected chi connectivity index (χ1v) is 9.80. The smallest absolute Gasteiger partial charge is 0.242 e. The lowest BCUT2D eigenvalue weighted by molar-refractivity contribution is -0.124. The summed E-state index contributed by atoms with van der Waals surface area (Å²) in [6.45, 7) is 0. The number of rotatable bonds is 4. The molecule has 1 saturated carbocycles. The van der Waals surface area contributed by atoms with Gasteiger partial charge in [-0.2, -0.15) is 0 Å². The van der Waals surface area contributed by atoms with Crippen LogP contribution in [0.5, 0.6) is 0 Å². The summed E-state index contributed by atoms with van der Waals surface area (Å²) < 4.78 is 25.4. The summed E-state index contributed by atoms with van der Waals surface area (Å²) in [5, 5.41) is 5.77. The number of benzene rings is 1. The second-order valence-electron chi connectivity index (χ2n) is 6.09. The number of amides is 1. The van der Waals surface area contributed by atoms with Gasteiger partial charge in [-0.05, 0) is 43.3 Å². The maximum atomic E-state index is 12.2. The third kappa shape index (κ3) is 4.75. The topological polar surface area (TPSA) is 78.5 Å². The van der Waals surface area contributed by atoms with E-state index in [0.29, 0.717) is 5.69 Å². The van der Waals surface area contributed by atoms with Gasteiger partial charge in [0.1, 0.15) is 0 Å². The van der Waals surface area contributed by atoms with E-state index in [1.807, 2.05) is 0 Å². The molecule has 1 aromatic carbocycles. The molecule has 0 aromatic heterocycles. The SMILES string of the molecule is CN(C)S(=O)(=O)c1cccc(NC(=S)NC(=O)C2CCCCC2)c1. The maximum Gasteiger partial charge on any atom is 0.242 e. The highest BCUT2D eigenvalue weighted by molar-refractivity contribution is 7.89. The summed E-state index contributed by atoms with van der Waals surface area (Å²) in [5.74, 6) is -0.0526. The highest BCUT2D eigenvalue weighted by atomic mass is 32.2. The molecule has 1 aromatic rings. The van der Waals surface area contributed by atoms with Crippen molar-refractivity contribution in [1.82, 2.24) is 9.62 Å². The number of hydrogen-bond donors (Lipinski definition) is 2. The molecule has 1 fully saturated rings. The van der Waals surface area contributed by atoms with Gasteiger partial charge in [0.05, 0.1) is 4.90 Å². The van der Waals surface area contributed by atoms with Gasteiger partial charge in [-0.1, -0.05) is 25.3 Å². The van der Waals surface area contributed by atoms with Crippen LogP contribution in [0.15, 0.2) is 29.2 Å². The lowest BCUT2D eigenvalue weighted by Crippen LogP contribution is -2.39.